The first kappa shape index (κ1) is 21.3. The van der Waals surface area contributed by atoms with Crippen LogP contribution in [0.25, 0.3) is 0 Å². The summed E-state index contributed by atoms with van der Waals surface area (Å²) in [7, 11) is 0. The van der Waals surface area contributed by atoms with Gasteiger partial charge in [0.1, 0.15) is 12.4 Å². The second-order valence-corrected chi connectivity index (χ2v) is 6.41. The highest BCUT2D eigenvalue weighted by atomic mass is 19.4. The number of alkyl halides is 3. The number of aliphatic hydroxyl groups is 1. The summed E-state index contributed by atoms with van der Waals surface area (Å²) in [4.78, 5) is 12.0. The second-order valence-electron chi connectivity index (χ2n) is 6.41. The Labute approximate surface area is 160 Å². The van der Waals surface area contributed by atoms with E-state index in [0.717, 1.165) is 17.7 Å². The average Bonchev–Trinajstić information content (AvgIpc) is 2.65. The van der Waals surface area contributed by atoms with Gasteiger partial charge < -0.3 is 15.2 Å². The molecule has 2 aromatic carbocycles. The van der Waals surface area contributed by atoms with Gasteiger partial charge in [-0.05, 0) is 41.8 Å². The second kappa shape index (κ2) is 8.76. The van der Waals surface area contributed by atoms with Crippen LogP contribution >= 0.6 is 0 Å². The minimum absolute atomic E-state index is 0.184. The molecule has 0 radical (unpaired) electrons. The van der Waals surface area contributed by atoms with Gasteiger partial charge in [-0.3, -0.25) is 4.79 Å². The van der Waals surface area contributed by atoms with Crippen LogP contribution in [0, 0.1) is 11.3 Å². The zero-order valence-corrected chi connectivity index (χ0v) is 15.2. The van der Waals surface area contributed by atoms with Gasteiger partial charge in [0.25, 0.3) is 5.91 Å². The van der Waals surface area contributed by atoms with Gasteiger partial charge in [-0.2, -0.15) is 18.4 Å². The van der Waals surface area contributed by atoms with Crippen molar-refractivity contribution in [2.75, 3.05) is 11.9 Å². The SMILES string of the molecule is CC(C)c1ccc(OC[C@H](O)C(=O)Nc2ccc(C#N)c(C(F)(F)F)c2)cc1. The number of hydrogen-bond donors (Lipinski definition) is 2. The van der Waals surface area contributed by atoms with E-state index >= 15 is 0 Å². The molecule has 1 atom stereocenters. The van der Waals surface area contributed by atoms with Crippen LogP contribution in [0.4, 0.5) is 18.9 Å². The van der Waals surface area contributed by atoms with Crippen LogP contribution in [0.1, 0.15) is 36.5 Å². The lowest BCUT2D eigenvalue weighted by Crippen LogP contribution is -2.33. The fraction of sp³-hybridized carbons (Fsp3) is 0.300. The number of amides is 1. The van der Waals surface area contributed by atoms with Crippen molar-refractivity contribution in [2.24, 2.45) is 0 Å². The summed E-state index contributed by atoms with van der Waals surface area (Å²) < 4.78 is 44.2. The van der Waals surface area contributed by atoms with Crippen molar-refractivity contribution in [1.29, 1.82) is 5.26 Å². The Kier molecular flexibility index (Phi) is 6.65. The lowest BCUT2D eigenvalue weighted by atomic mass is 10.0. The normalized spacial score (nSPS) is 12.4. The first-order chi connectivity index (χ1) is 13.1. The number of halogens is 3. The third-order valence-electron chi connectivity index (χ3n) is 3.97. The summed E-state index contributed by atoms with van der Waals surface area (Å²) in [6.45, 7) is 3.71. The summed E-state index contributed by atoms with van der Waals surface area (Å²) in [6.07, 6.45) is -6.33. The van der Waals surface area contributed by atoms with Crippen molar-refractivity contribution in [3.05, 3.63) is 59.2 Å². The molecule has 0 fully saturated rings. The van der Waals surface area contributed by atoms with Gasteiger partial charge in [0.2, 0.25) is 0 Å². The minimum Gasteiger partial charge on any atom is -0.490 e. The van der Waals surface area contributed by atoms with E-state index in [9.17, 15) is 23.1 Å². The van der Waals surface area contributed by atoms with E-state index in [1.807, 2.05) is 26.0 Å². The zero-order valence-electron chi connectivity index (χ0n) is 15.2. The molecule has 28 heavy (non-hydrogen) atoms. The number of nitrogens with one attached hydrogen (secondary N) is 1. The molecule has 1 amide bonds. The van der Waals surface area contributed by atoms with Crippen LogP contribution in [0.5, 0.6) is 5.75 Å². The number of nitriles is 1. The molecule has 5 nitrogen and oxygen atoms in total. The summed E-state index contributed by atoms with van der Waals surface area (Å²) in [5.74, 6) is -0.120. The van der Waals surface area contributed by atoms with Gasteiger partial charge in [-0.1, -0.05) is 26.0 Å². The monoisotopic (exact) mass is 392 g/mol. The molecule has 2 N–H and O–H groups in total. The van der Waals surface area contributed by atoms with Crippen LogP contribution in [-0.4, -0.2) is 23.7 Å². The summed E-state index contributed by atoms with van der Waals surface area (Å²) >= 11 is 0. The number of rotatable bonds is 6. The van der Waals surface area contributed by atoms with E-state index < -0.39 is 29.3 Å². The minimum atomic E-state index is -4.74. The molecule has 8 heteroatoms. The number of anilines is 1. The molecule has 2 aromatic rings. The Hall–Kier alpha value is -3.05. The van der Waals surface area contributed by atoms with E-state index in [1.54, 1.807) is 12.1 Å². The van der Waals surface area contributed by atoms with Crippen molar-refractivity contribution in [2.45, 2.75) is 32.0 Å². The maximum atomic E-state index is 13.0. The smallest absolute Gasteiger partial charge is 0.417 e. The van der Waals surface area contributed by atoms with Crippen LogP contribution < -0.4 is 10.1 Å². The number of nitrogens with zero attached hydrogens (tertiary/aromatic N) is 1. The molecule has 0 aromatic heterocycles. The maximum absolute atomic E-state index is 13.0. The number of aliphatic hydroxyl groups excluding tert-OH is 1. The summed E-state index contributed by atoms with van der Waals surface area (Å²) in [6, 6.07) is 11.3. The molecule has 0 spiro atoms. The Balaban J connectivity index is 1.99. The van der Waals surface area contributed by atoms with Gasteiger partial charge in [0.15, 0.2) is 6.10 Å². The first-order valence-corrected chi connectivity index (χ1v) is 8.45. The van der Waals surface area contributed by atoms with Crippen molar-refractivity contribution < 1.29 is 27.8 Å². The van der Waals surface area contributed by atoms with E-state index in [0.29, 0.717) is 17.7 Å². The molecule has 2 rings (SSSR count). The van der Waals surface area contributed by atoms with Gasteiger partial charge in [-0.25, -0.2) is 0 Å². The van der Waals surface area contributed by atoms with Crippen LogP contribution in [-0.2, 0) is 11.0 Å². The zero-order chi connectivity index (χ0) is 20.9. The van der Waals surface area contributed by atoms with Crippen molar-refractivity contribution in [1.82, 2.24) is 0 Å². The molecule has 0 aliphatic carbocycles. The van der Waals surface area contributed by atoms with Gasteiger partial charge in [0, 0.05) is 5.69 Å². The predicted molar refractivity (Wildman–Crippen MR) is 96.8 cm³/mol. The van der Waals surface area contributed by atoms with Crippen molar-refractivity contribution in [3.8, 4) is 11.8 Å². The highest BCUT2D eigenvalue weighted by Crippen LogP contribution is 2.33. The molecule has 0 aliphatic heterocycles. The first-order valence-electron chi connectivity index (χ1n) is 8.45. The standard InChI is InChI=1S/C20H19F3N2O3/c1-12(2)13-4-7-16(8-5-13)28-11-18(26)19(27)25-15-6-3-14(10-24)17(9-15)20(21,22)23/h3-9,12,18,26H,11H2,1-2H3,(H,25,27)/t18-/m0/s1. The number of benzene rings is 2. The molecule has 0 bridgehead atoms. The average molecular weight is 392 g/mol. The van der Waals surface area contributed by atoms with Gasteiger partial charge >= 0.3 is 6.18 Å². The fourth-order valence-electron chi connectivity index (χ4n) is 2.38. The lowest BCUT2D eigenvalue weighted by Gasteiger charge is -2.15. The largest absolute Gasteiger partial charge is 0.490 e. The molecule has 0 heterocycles. The number of ether oxygens (including phenoxy) is 1. The van der Waals surface area contributed by atoms with E-state index in [-0.39, 0.29) is 12.3 Å². The molecular weight excluding hydrogens is 373 g/mol. The molecule has 148 valence electrons. The third kappa shape index (κ3) is 5.47. The van der Waals surface area contributed by atoms with Gasteiger partial charge in [0.05, 0.1) is 17.2 Å². The van der Waals surface area contributed by atoms with E-state index in [2.05, 4.69) is 5.32 Å². The Morgan fingerprint density at radius 1 is 1.21 bits per heavy atom. The highest BCUT2D eigenvalue weighted by Gasteiger charge is 2.34. The molecule has 0 aliphatic rings. The van der Waals surface area contributed by atoms with Crippen molar-refractivity contribution >= 4 is 11.6 Å². The quantitative estimate of drug-likeness (QED) is 0.776. The summed E-state index contributed by atoms with van der Waals surface area (Å²) in [5.41, 5.74) is -0.799. The number of carbonyl (C=O) groups excluding carboxylic acids is 1. The lowest BCUT2D eigenvalue weighted by molar-refractivity contribution is -0.137. The number of hydrogen-bond acceptors (Lipinski definition) is 4. The highest BCUT2D eigenvalue weighted by molar-refractivity contribution is 5.94. The Morgan fingerprint density at radius 2 is 1.86 bits per heavy atom. The Morgan fingerprint density at radius 3 is 2.39 bits per heavy atom. The van der Waals surface area contributed by atoms with Crippen molar-refractivity contribution in [3.63, 3.8) is 0 Å². The van der Waals surface area contributed by atoms with Crippen LogP contribution in [0.3, 0.4) is 0 Å². The number of carbonyl (C=O) groups is 1. The predicted octanol–water partition coefficient (Wildman–Crippen LogP) is 4.08. The summed E-state index contributed by atoms with van der Waals surface area (Å²) in [5, 5.41) is 20.9. The third-order valence-corrected chi connectivity index (χ3v) is 3.97. The topological polar surface area (TPSA) is 82.3 Å². The molecule has 0 saturated carbocycles. The van der Waals surface area contributed by atoms with E-state index in [4.69, 9.17) is 10.00 Å². The Bertz CT molecular complexity index is 872. The van der Waals surface area contributed by atoms with E-state index in [1.165, 1.54) is 6.07 Å². The maximum Gasteiger partial charge on any atom is 0.417 e. The fourth-order valence-corrected chi connectivity index (χ4v) is 2.38. The molecular formula is C20H19F3N2O3. The van der Waals surface area contributed by atoms with Crippen LogP contribution in [0.15, 0.2) is 42.5 Å². The van der Waals surface area contributed by atoms with Gasteiger partial charge in [-0.15, -0.1) is 0 Å². The van der Waals surface area contributed by atoms with Crippen LogP contribution in [0.2, 0.25) is 0 Å². The molecule has 0 unspecified atom stereocenters. The molecule has 0 saturated heterocycles.